The van der Waals surface area contributed by atoms with Gasteiger partial charge in [-0.2, -0.15) is 13.9 Å². The number of carbonyl (C=O) groups excluding carboxylic acids is 1. The normalized spacial score (nSPS) is 13.7. The summed E-state index contributed by atoms with van der Waals surface area (Å²) in [6.07, 6.45) is 0.714. The standard InChI is InChI=1S/C14H13F3N4O2/c15-7-1-2-10(11(5-7)23-14(16)17)19-13(22)12-8-6-18-4-3-9(8)20-21-12/h1-2,5,14,18H,3-4,6H2,(H,19,22)(H,20,21). The zero-order valence-electron chi connectivity index (χ0n) is 11.8. The third-order valence-corrected chi connectivity index (χ3v) is 3.43. The molecule has 0 saturated carbocycles. The fourth-order valence-electron chi connectivity index (χ4n) is 2.39. The van der Waals surface area contributed by atoms with Gasteiger partial charge in [0.1, 0.15) is 5.82 Å². The quantitative estimate of drug-likeness (QED) is 0.803. The molecule has 0 radical (unpaired) electrons. The van der Waals surface area contributed by atoms with Crippen LogP contribution in [0.25, 0.3) is 0 Å². The zero-order chi connectivity index (χ0) is 16.4. The number of ether oxygens (including phenoxy) is 1. The van der Waals surface area contributed by atoms with Crippen LogP contribution in [0.4, 0.5) is 18.9 Å². The number of alkyl halides is 2. The van der Waals surface area contributed by atoms with Gasteiger partial charge in [0, 0.05) is 36.8 Å². The molecule has 0 bridgehead atoms. The molecule has 0 atom stereocenters. The monoisotopic (exact) mass is 326 g/mol. The SMILES string of the molecule is O=C(Nc1ccc(F)cc1OC(F)F)c1n[nH]c2c1CNCC2. The lowest BCUT2D eigenvalue weighted by Gasteiger charge is -2.14. The number of amides is 1. The van der Waals surface area contributed by atoms with Crippen LogP contribution in [0.1, 0.15) is 21.7 Å². The van der Waals surface area contributed by atoms with Crippen molar-refractivity contribution in [3.05, 3.63) is 41.0 Å². The third-order valence-electron chi connectivity index (χ3n) is 3.43. The van der Waals surface area contributed by atoms with Gasteiger partial charge in [0.2, 0.25) is 0 Å². The second kappa shape index (κ2) is 6.29. The molecule has 3 N–H and O–H groups in total. The number of hydrogen-bond acceptors (Lipinski definition) is 4. The highest BCUT2D eigenvalue weighted by Gasteiger charge is 2.22. The van der Waals surface area contributed by atoms with Gasteiger partial charge in [0.25, 0.3) is 5.91 Å². The van der Waals surface area contributed by atoms with E-state index in [1.807, 2.05) is 0 Å². The number of fused-ring (bicyclic) bond motifs is 1. The number of nitrogens with zero attached hydrogens (tertiary/aromatic N) is 1. The van der Waals surface area contributed by atoms with E-state index in [0.29, 0.717) is 13.0 Å². The van der Waals surface area contributed by atoms with Crippen molar-refractivity contribution in [2.45, 2.75) is 19.6 Å². The van der Waals surface area contributed by atoms with Crippen LogP contribution in [0.15, 0.2) is 18.2 Å². The average molecular weight is 326 g/mol. The molecule has 3 rings (SSSR count). The Balaban J connectivity index is 1.84. The molecule has 1 aromatic heterocycles. The summed E-state index contributed by atoms with van der Waals surface area (Å²) in [5.41, 5.74) is 1.70. The largest absolute Gasteiger partial charge is 0.432 e. The predicted octanol–water partition coefficient (Wildman–Crippen LogP) is 2.05. The Bertz CT molecular complexity index is 733. The lowest BCUT2D eigenvalue weighted by molar-refractivity contribution is -0.0495. The van der Waals surface area contributed by atoms with E-state index in [4.69, 9.17) is 0 Å². The van der Waals surface area contributed by atoms with E-state index in [1.165, 1.54) is 0 Å². The summed E-state index contributed by atoms with van der Waals surface area (Å²) in [5.74, 6) is -1.78. The smallest absolute Gasteiger partial charge is 0.387 e. The molecule has 2 heterocycles. The van der Waals surface area contributed by atoms with E-state index in [2.05, 4.69) is 25.6 Å². The minimum absolute atomic E-state index is 0.0581. The number of carbonyl (C=O) groups is 1. The van der Waals surface area contributed by atoms with Crippen LogP contribution < -0.4 is 15.4 Å². The number of nitrogens with one attached hydrogen (secondary N) is 3. The van der Waals surface area contributed by atoms with Crippen LogP contribution in [0, 0.1) is 5.82 Å². The average Bonchev–Trinajstić information content (AvgIpc) is 2.93. The number of rotatable bonds is 4. The van der Waals surface area contributed by atoms with Crippen LogP contribution in [-0.4, -0.2) is 29.3 Å². The second-order valence-electron chi connectivity index (χ2n) is 4.93. The fraction of sp³-hybridized carbons (Fsp3) is 0.286. The van der Waals surface area contributed by atoms with Crippen LogP contribution in [0.2, 0.25) is 0 Å². The Morgan fingerprint density at radius 1 is 1.39 bits per heavy atom. The maximum Gasteiger partial charge on any atom is 0.387 e. The Labute approximate surface area is 129 Å². The Morgan fingerprint density at radius 2 is 2.22 bits per heavy atom. The summed E-state index contributed by atoms with van der Waals surface area (Å²) >= 11 is 0. The van der Waals surface area contributed by atoms with Crippen molar-refractivity contribution in [3.63, 3.8) is 0 Å². The van der Waals surface area contributed by atoms with Crippen molar-refractivity contribution in [3.8, 4) is 5.75 Å². The highest BCUT2D eigenvalue weighted by molar-refractivity contribution is 6.04. The van der Waals surface area contributed by atoms with Gasteiger partial charge in [-0.1, -0.05) is 0 Å². The molecule has 1 aliphatic heterocycles. The van der Waals surface area contributed by atoms with Gasteiger partial charge in [-0.05, 0) is 12.1 Å². The highest BCUT2D eigenvalue weighted by atomic mass is 19.3. The summed E-state index contributed by atoms with van der Waals surface area (Å²) in [6, 6.07) is 2.97. The molecule has 122 valence electrons. The molecular weight excluding hydrogens is 313 g/mol. The van der Waals surface area contributed by atoms with Gasteiger partial charge in [-0.25, -0.2) is 4.39 Å². The maximum atomic E-state index is 13.2. The minimum atomic E-state index is -3.13. The Morgan fingerprint density at radius 3 is 3.00 bits per heavy atom. The number of anilines is 1. The molecule has 1 amide bonds. The maximum absolute atomic E-state index is 13.2. The van der Waals surface area contributed by atoms with Crippen molar-refractivity contribution >= 4 is 11.6 Å². The number of halogens is 3. The van der Waals surface area contributed by atoms with Crippen molar-refractivity contribution in [1.82, 2.24) is 15.5 Å². The van der Waals surface area contributed by atoms with Crippen LogP contribution in [0.5, 0.6) is 5.75 Å². The number of hydrogen-bond donors (Lipinski definition) is 3. The molecule has 6 nitrogen and oxygen atoms in total. The van der Waals surface area contributed by atoms with Crippen molar-refractivity contribution < 1.29 is 22.7 Å². The molecule has 0 unspecified atom stereocenters. The first-order valence-electron chi connectivity index (χ1n) is 6.87. The van der Waals surface area contributed by atoms with Crippen molar-refractivity contribution in [2.75, 3.05) is 11.9 Å². The molecular formula is C14H13F3N4O2. The zero-order valence-corrected chi connectivity index (χ0v) is 11.8. The Hall–Kier alpha value is -2.55. The number of H-pyrrole nitrogens is 1. The summed E-state index contributed by atoms with van der Waals surface area (Å²) in [7, 11) is 0. The molecule has 2 aromatic rings. The molecule has 0 saturated heterocycles. The first-order valence-corrected chi connectivity index (χ1v) is 6.87. The first-order chi connectivity index (χ1) is 11.0. The fourth-order valence-corrected chi connectivity index (χ4v) is 2.39. The molecule has 9 heteroatoms. The molecule has 0 spiro atoms. The third kappa shape index (κ3) is 3.29. The van der Waals surface area contributed by atoms with Gasteiger partial charge >= 0.3 is 6.61 Å². The Kier molecular flexibility index (Phi) is 4.20. The lowest BCUT2D eigenvalue weighted by atomic mass is 10.1. The molecule has 0 fully saturated rings. The highest BCUT2D eigenvalue weighted by Crippen LogP contribution is 2.28. The first kappa shape index (κ1) is 15.3. The van der Waals surface area contributed by atoms with Gasteiger partial charge in [0.05, 0.1) is 5.69 Å². The van der Waals surface area contributed by atoms with Crippen molar-refractivity contribution in [1.29, 1.82) is 0 Å². The summed E-state index contributed by atoms with van der Waals surface area (Å²) in [5, 5.41) is 12.3. The van der Waals surface area contributed by atoms with E-state index < -0.39 is 24.1 Å². The van der Waals surface area contributed by atoms with E-state index in [9.17, 15) is 18.0 Å². The van der Waals surface area contributed by atoms with Gasteiger partial charge in [-0.3, -0.25) is 9.89 Å². The van der Waals surface area contributed by atoms with Crippen LogP contribution in [-0.2, 0) is 13.0 Å². The second-order valence-corrected chi connectivity index (χ2v) is 4.93. The van der Waals surface area contributed by atoms with E-state index in [0.717, 1.165) is 36.0 Å². The molecule has 1 aromatic carbocycles. The molecule has 1 aliphatic rings. The molecule has 0 aliphatic carbocycles. The summed E-state index contributed by atoms with van der Waals surface area (Å²) in [6.45, 7) is -1.87. The van der Waals surface area contributed by atoms with Crippen molar-refractivity contribution in [2.24, 2.45) is 0 Å². The number of aromatic amines is 1. The number of aromatic nitrogens is 2. The minimum Gasteiger partial charge on any atom is -0.432 e. The van der Waals surface area contributed by atoms with Crippen LogP contribution in [0.3, 0.4) is 0 Å². The van der Waals surface area contributed by atoms with E-state index >= 15 is 0 Å². The lowest BCUT2D eigenvalue weighted by Crippen LogP contribution is -2.25. The predicted molar refractivity (Wildman–Crippen MR) is 75.0 cm³/mol. The summed E-state index contributed by atoms with van der Waals surface area (Å²) < 4.78 is 42.2. The van der Waals surface area contributed by atoms with E-state index in [-0.39, 0.29) is 11.4 Å². The topological polar surface area (TPSA) is 79.0 Å². The van der Waals surface area contributed by atoms with Gasteiger partial charge < -0.3 is 15.4 Å². The molecule has 23 heavy (non-hydrogen) atoms. The van der Waals surface area contributed by atoms with E-state index in [1.54, 1.807) is 0 Å². The van der Waals surface area contributed by atoms with Gasteiger partial charge in [-0.15, -0.1) is 0 Å². The van der Waals surface area contributed by atoms with Gasteiger partial charge in [0.15, 0.2) is 11.4 Å². The summed E-state index contributed by atoms with van der Waals surface area (Å²) in [4.78, 5) is 12.3. The number of benzene rings is 1. The van der Waals surface area contributed by atoms with Crippen LogP contribution >= 0.6 is 0 Å².